The van der Waals surface area contributed by atoms with Gasteiger partial charge < -0.3 is 14.2 Å². The van der Waals surface area contributed by atoms with Gasteiger partial charge in [0.1, 0.15) is 12.4 Å². The topological polar surface area (TPSA) is 34.6 Å². The van der Waals surface area contributed by atoms with Gasteiger partial charge in [0.05, 0.1) is 11.2 Å². The molecule has 122 valence electrons. The summed E-state index contributed by atoms with van der Waals surface area (Å²) >= 11 is 0. The molecule has 4 nitrogen and oxygen atoms in total. The van der Waals surface area contributed by atoms with Crippen LogP contribution in [0, 0.1) is 0 Å². The number of aromatic nitrogens is 1. The summed E-state index contributed by atoms with van der Waals surface area (Å²) in [6, 6.07) is 3.21. The summed E-state index contributed by atoms with van der Waals surface area (Å²) in [5.74, 6) is 0.248. The lowest BCUT2D eigenvalue weighted by atomic mass is 9.80. The number of alkyl halides is 3. The molecule has 1 aliphatic rings. The van der Waals surface area contributed by atoms with E-state index in [1.807, 2.05) is 27.7 Å². The predicted octanol–water partition coefficient (Wildman–Crippen LogP) is 2.38. The first-order valence-corrected chi connectivity index (χ1v) is 7.01. The van der Waals surface area contributed by atoms with Crippen LogP contribution in [0.2, 0.25) is 0 Å². The second-order valence-electron chi connectivity index (χ2n) is 6.51. The van der Waals surface area contributed by atoms with E-state index in [0.717, 1.165) is 4.90 Å². The molecular weight excluding hydrogens is 296 g/mol. The molecule has 2 rings (SSSR count). The first kappa shape index (κ1) is 17.1. The summed E-state index contributed by atoms with van der Waals surface area (Å²) < 4.78 is 48.9. The predicted molar refractivity (Wildman–Crippen MR) is 79.3 cm³/mol. The largest absolute Gasteiger partial charge is 0.496 e. The molecule has 0 saturated carbocycles. The quantitative estimate of drug-likeness (QED) is 0.802. The van der Waals surface area contributed by atoms with Crippen LogP contribution in [0.3, 0.4) is 0 Å². The number of hydrogen-bond acceptors (Lipinski definition) is 4. The van der Waals surface area contributed by atoms with Gasteiger partial charge in [0.15, 0.2) is 0 Å². The van der Waals surface area contributed by atoms with Gasteiger partial charge in [-0.05, 0) is 33.8 Å². The Morgan fingerprint density at radius 2 is 1.68 bits per heavy atom. The van der Waals surface area contributed by atoms with E-state index in [1.165, 1.54) is 19.3 Å². The molecule has 1 aliphatic heterocycles. The Morgan fingerprint density at radius 3 is 2.09 bits per heavy atom. The number of pyridine rings is 1. The number of halogens is 3. The minimum Gasteiger partial charge on any atom is -0.399 e. The molecule has 2 heterocycles. The monoisotopic (exact) mass is 316 g/mol. The average Bonchev–Trinajstić information content (AvgIpc) is 2.56. The SMILES string of the molecule is CN(CC(F)(F)F)c1ccc(B2OC(C)(C)C(C)(C)O2)cn1. The normalized spacial score (nSPS) is 20.3. The summed E-state index contributed by atoms with van der Waals surface area (Å²) in [5.41, 5.74) is -0.255. The Kier molecular flexibility index (Phi) is 4.21. The highest BCUT2D eigenvalue weighted by molar-refractivity contribution is 6.62. The molecule has 0 aliphatic carbocycles. The van der Waals surface area contributed by atoms with E-state index in [0.29, 0.717) is 5.46 Å². The van der Waals surface area contributed by atoms with E-state index in [2.05, 4.69) is 4.98 Å². The highest BCUT2D eigenvalue weighted by Crippen LogP contribution is 2.36. The molecule has 22 heavy (non-hydrogen) atoms. The Labute approximate surface area is 128 Å². The minimum absolute atomic E-state index is 0.248. The van der Waals surface area contributed by atoms with E-state index in [-0.39, 0.29) is 5.82 Å². The van der Waals surface area contributed by atoms with Gasteiger partial charge >= 0.3 is 13.3 Å². The first-order valence-electron chi connectivity index (χ1n) is 7.01. The molecule has 0 bridgehead atoms. The highest BCUT2D eigenvalue weighted by Gasteiger charge is 2.51. The maximum absolute atomic E-state index is 12.4. The van der Waals surface area contributed by atoms with Crippen LogP contribution in [0.1, 0.15) is 27.7 Å². The maximum atomic E-state index is 12.4. The van der Waals surface area contributed by atoms with Crippen LogP contribution in [0.5, 0.6) is 0 Å². The van der Waals surface area contributed by atoms with Crippen molar-refractivity contribution in [2.75, 3.05) is 18.5 Å². The van der Waals surface area contributed by atoms with Crippen molar-refractivity contribution in [3.8, 4) is 0 Å². The average molecular weight is 316 g/mol. The van der Waals surface area contributed by atoms with Crippen molar-refractivity contribution in [1.29, 1.82) is 0 Å². The summed E-state index contributed by atoms with van der Waals surface area (Å²) in [5, 5.41) is 0. The number of hydrogen-bond donors (Lipinski definition) is 0. The second-order valence-corrected chi connectivity index (χ2v) is 6.51. The van der Waals surface area contributed by atoms with E-state index in [1.54, 1.807) is 6.07 Å². The molecule has 0 aromatic carbocycles. The Hall–Kier alpha value is -1.28. The van der Waals surface area contributed by atoms with Gasteiger partial charge in [-0.1, -0.05) is 6.07 Å². The first-order chi connectivity index (χ1) is 9.91. The number of nitrogens with zero attached hydrogens (tertiary/aromatic N) is 2. The van der Waals surface area contributed by atoms with Crippen molar-refractivity contribution in [3.05, 3.63) is 18.3 Å². The van der Waals surface area contributed by atoms with E-state index < -0.39 is 31.0 Å². The van der Waals surface area contributed by atoms with Crippen molar-refractivity contribution in [2.45, 2.75) is 45.1 Å². The fourth-order valence-corrected chi connectivity index (χ4v) is 2.09. The zero-order chi connectivity index (χ0) is 16.8. The molecule has 0 spiro atoms. The van der Waals surface area contributed by atoms with Gasteiger partial charge in [-0.3, -0.25) is 0 Å². The summed E-state index contributed by atoms with van der Waals surface area (Å²) in [6.07, 6.45) is -2.77. The number of anilines is 1. The van der Waals surface area contributed by atoms with Crippen molar-refractivity contribution < 1.29 is 22.5 Å². The minimum atomic E-state index is -4.26. The summed E-state index contributed by atoms with van der Waals surface area (Å²) in [7, 11) is 0.782. The zero-order valence-corrected chi connectivity index (χ0v) is 13.4. The Bertz CT molecular complexity index is 516. The van der Waals surface area contributed by atoms with Crippen molar-refractivity contribution in [3.63, 3.8) is 0 Å². The molecule has 0 radical (unpaired) electrons. The fourth-order valence-electron chi connectivity index (χ4n) is 2.09. The van der Waals surface area contributed by atoms with E-state index in [9.17, 15) is 13.2 Å². The molecular formula is C14H20BF3N2O2. The lowest BCUT2D eigenvalue weighted by Gasteiger charge is -2.32. The van der Waals surface area contributed by atoms with E-state index in [4.69, 9.17) is 9.31 Å². The molecule has 0 amide bonds. The van der Waals surface area contributed by atoms with Gasteiger partial charge in [0.25, 0.3) is 0 Å². The molecule has 0 atom stereocenters. The van der Waals surface area contributed by atoms with Gasteiger partial charge in [-0.2, -0.15) is 13.2 Å². The number of rotatable bonds is 3. The van der Waals surface area contributed by atoms with E-state index >= 15 is 0 Å². The summed E-state index contributed by atoms with van der Waals surface area (Å²) in [6.45, 7) is 6.70. The van der Waals surface area contributed by atoms with Crippen LogP contribution < -0.4 is 10.4 Å². The van der Waals surface area contributed by atoms with Gasteiger partial charge in [-0.15, -0.1) is 0 Å². The van der Waals surface area contributed by atoms with Crippen LogP contribution in [0.4, 0.5) is 19.0 Å². The molecule has 0 unspecified atom stereocenters. The third kappa shape index (κ3) is 3.55. The maximum Gasteiger partial charge on any atom is 0.496 e. The van der Waals surface area contributed by atoms with Crippen LogP contribution >= 0.6 is 0 Å². The Morgan fingerprint density at radius 1 is 1.14 bits per heavy atom. The second kappa shape index (κ2) is 5.42. The molecule has 0 N–H and O–H groups in total. The molecule has 1 saturated heterocycles. The van der Waals surface area contributed by atoms with Crippen molar-refractivity contribution in [2.24, 2.45) is 0 Å². The van der Waals surface area contributed by atoms with Crippen LogP contribution in [0.15, 0.2) is 18.3 Å². The molecule has 1 aromatic heterocycles. The molecule has 8 heteroatoms. The smallest absolute Gasteiger partial charge is 0.399 e. The van der Waals surface area contributed by atoms with Crippen LogP contribution in [-0.4, -0.2) is 43.1 Å². The van der Waals surface area contributed by atoms with Gasteiger partial charge in [0, 0.05) is 18.7 Å². The van der Waals surface area contributed by atoms with Crippen LogP contribution in [0.25, 0.3) is 0 Å². The summed E-state index contributed by atoms with van der Waals surface area (Å²) in [4.78, 5) is 5.12. The third-order valence-electron chi connectivity index (χ3n) is 4.10. The molecule has 1 aromatic rings. The fraction of sp³-hybridized carbons (Fsp3) is 0.643. The lowest BCUT2D eigenvalue weighted by Crippen LogP contribution is -2.41. The van der Waals surface area contributed by atoms with Gasteiger partial charge in [0.2, 0.25) is 0 Å². The lowest BCUT2D eigenvalue weighted by molar-refractivity contribution is -0.119. The third-order valence-corrected chi connectivity index (χ3v) is 4.10. The van der Waals surface area contributed by atoms with Crippen LogP contribution in [-0.2, 0) is 9.31 Å². The van der Waals surface area contributed by atoms with Crippen molar-refractivity contribution in [1.82, 2.24) is 4.98 Å². The van der Waals surface area contributed by atoms with Crippen molar-refractivity contribution >= 4 is 18.4 Å². The van der Waals surface area contributed by atoms with Gasteiger partial charge in [-0.25, -0.2) is 4.98 Å². The zero-order valence-electron chi connectivity index (χ0n) is 13.4. The Balaban J connectivity index is 2.10. The highest BCUT2D eigenvalue weighted by atomic mass is 19.4. The molecule has 1 fully saturated rings. The standard InChI is InChI=1S/C14H20BF3N2O2/c1-12(2)13(3,4)22-15(21-12)10-6-7-11(19-8-10)20(5)9-14(16,17)18/h6-8H,9H2,1-5H3.